The largest absolute Gasteiger partial charge is 0.501 e. The minimum absolute atomic E-state index is 0. The third kappa shape index (κ3) is 9.68. The van der Waals surface area contributed by atoms with Gasteiger partial charge in [-0.05, 0) is 162 Å². The Labute approximate surface area is 537 Å². The molecule has 0 spiro atoms. The second kappa shape index (κ2) is 20.8. The molecule has 3 aromatic heterocycles. The fraction of sp³-hybridized carbons (Fsp3) is 0.266. The standard InChI is InChI=1S/C66H63BN3OS.C13H11FN.Ir/c1-62(2,3)39-22-25-51-46(31-39)66(13,14)47-32-41(64(7,8)9)33-48-59(47)69(51)53-28-38(37-21-24-43-44-18-17-19-45(50-20-15-16-27-68-50)61(44)71-55(43)30-37)29-54-58(53)67(48)49-34-42(65(10,11)12)36-57-60(49)70(54)52-26-23-40(63(4,5)6)35-56(52)72-57;1-9-7-13(15-8-10(9)2)11-3-5-12(14)6-4-11;/h15-18,20-36H,1-14H3;3,5-8H,1-2H3;/q2*-1;. The normalized spacial score (nSPS) is 14.3. The molecule has 8 aromatic carbocycles. The number of hydrogen-bond acceptors (Lipinski definition) is 6. The number of benzene rings is 8. The molecule has 0 aliphatic carbocycles. The molecule has 1 radical (unpaired) electrons. The van der Waals surface area contributed by atoms with E-state index in [-0.39, 0.29) is 59.7 Å². The summed E-state index contributed by atoms with van der Waals surface area (Å²) in [6, 6.07) is 59.5. The van der Waals surface area contributed by atoms with Gasteiger partial charge < -0.3 is 24.2 Å². The number of halogens is 1. The zero-order valence-electron chi connectivity index (χ0n) is 53.4. The van der Waals surface area contributed by atoms with Crippen molar-refractivity contribution in [3.8, 4) is 33.6 Å². The summed E-state index contributed by atoms with van der Waals surface area (Å²) >= 11 is 1.95. The first kappa shape index (κ1) is 59.4. The minimum Gasteiger partial charge on any atom is -0.501 e. The molecule has 88 heavy (non-hydrogen) atoms. The predicted octanol–water partition coefficient (Wildman–Crippen LogP) is 19.8. The monoisotopic (exact) mass is 1350 g/mol. The number of aryl methyl sites for hydroxylation is 2. The Morgan fingerprint density at radius 3 is 1.83 bits per heavy atom. The van der Waals surface area contributed by atoms with E-state index in [9.17, 15) is 4.39 Å². The Balaban J connectivity index is 0.000000391. The van der Waals surface area contributed by atoms with Gasteiger partial charge in [0, 0.05) is 76.0 Å². The van der Waals surface area contributed by atoms with Crippen LogP contribution in [0.25, 0.3) is 55.6 Å². The number of nitrogens with zero attached hydrogens (tertiary/aromatic N) is 4. The zero-order valence-corrected chi connectivity index (χ0v) is 56.6. The number of rotatable bonds is 3. The van der Waals surface area contributed by atoms with Gasteiger partial charge in [0.05, 0.1) is 22.6 Å². The van der Waals surface area contributed by atoms with Gasteiger partial charge in [-0.3, -0.25) is 4.39 Å². The Hall–Kier alpha value is -7.55. The molecule has 443 valence electrons. The van der Waals surface area contributed by atoms with Crippen LogP contribution in [-0.4, -0.2) is 16.7 Å². The van der Waals surface area contributed by atoms with Crippen molar-refractivity contribution in [1.82, 2.24) is 9.97 Å². The predicted molar refractivity (Wildman–Crippen MR) is 364 cm³/mol. The summed E-state index contributed by atoms with van der Waals surface area (Å²) < 4.78 is 19.6. The summed E-state index contributed by atoms with van der Waals surface area (Å²) in [6.45, 7) is 37.3. The van der Waals surface area contributed by atoms with E-state index in [4.69, 9.17) is 9.40 Å². The molecule has 11 aromatic rings. The molecule has 0 atom stereocenters. The molecular formula is C79H74BFIrN4OS-2. The van der Waals surface area contributed by atoms with E-state index in [0.717, 1.165) is 61.1 Å². The molecule has 7 heterocycles. The topological polar surface area (TPSA) is 45.4 Å². The molecule has 0 saturated heterocycles. The summed E-state index contributed by atoms with van der Waals surface area (Å²) in [4.78, 5) is 16.9. The molecule has 0 bridgehead atoms. The molecule has 4 aliphatic rings. The van der Waals surface area contributed by atoms with Crippen molar-refractivity contribution in [2.45, 2.75) is 148 Å². The molecule has 0 unspecified atom stereocenters. The summed E-state index contributed by atoms with van der Waals surface area (Å²) in [5, 5.41) is 2.15. The second-order valence-electron chi connectivity index (χ2n) is 29.2. The molecular weight excluding hydrogens is 1270 g/mol. The second-order valence-corrected chi connectivity index (χ2v) is 30.3. The first-order valence-electron chi connectivity index (χ1n) is 30.7. The van der Waals surface area contributed by atoms with Gasteiger partial charge in [-0.1, -0.05) is 192 Å². The molecule has 0 fully saturated rings. The first-order valence-corrected chi connectivity index (χ1v) is 31.5. The van der Waals surface area contributed by atoms with Gasteiger partial charge in [-0.15, -0.1) is 48.0 Å². The van der Waals surface area contributed by atoms with Crippen LogP contribution in [0.5, 0.6) is 0 Å². The number of furan rings is 1. The number of aromatic nitrogens is 2. The van der Waals surface area contributed by atoms with Crippen LogP contribution >= 0.6 is 11.8 Å². The van der Waals surface area contributed by atoms with Crippen LogP contribution in [-0.2, 0) is 47.2 Å². The van der Waals surface area contributed by atoms with Gasteiger partial charge in [-0.25, -0.2) is 0 Å². The minimum atomic E-state index is -0.277. The number of hydrogen-bond donors (Lipinski definition) is 0. The smallest absolute Gasteiger partial charge is 0.252 e. The third-order valence-electron chi connectivity index (χ3n) is 18.8. The van der Waals surface area contributed by atoms with E-state index in [1.54, 1.807) is 6.07 Å². The van der Waals surface area contributed by atoms with Crippen molar-refractivity contribution in [3.63, 3.8) is 0 Å². The number of pyridine rings is 2. The van der Waals surface area contributed by atoms with Crippen LogP contribution < -0.4 is 26.2 Å². The van der Waals surface area contributed by atoms with E-state index < -0.39 is 0 Å². The Morgan fingerprint density at radius 2 is 1.18 bits per heavy atom. The van der Waals surface area contributed by atoms with Gasteiger partial charge in [0.1, 0.15) is 5.58 Å². The zero-order chi connectivity index (χ0) is 61.2. The maximum Gasteiger partial charge on any atom is 0.252 e. The molecule has 0 amide bonds. The van der Waals surface area contributed by atoms with E-state index in [1.807, 2.05) is 68.3 Å². The maximum absolute atomic E-state index is 12.7. The first-order chi connectivity index (χ1) is 41.1. The van der Waals surface area contributed by atoms with Gasteiger partial charge in [0.2, 0.25) is 0 Å². The van der Waals surface area contributed by atoms with Crippen molar-refractivity contribution < 1.29 is 28.9 Å². The molecule has 5 nitrogen and oxygen atoms in total. The summed E-state index contributed by atoms with van der Waals surface area (Å²) in [7, 11) is 0. The summed E-state index contributed by atoms with van der Waals surface area (Å²) in [5.41, 5.74) is 29.1. The van der Waals surface area contributed by atoms with Crippen LogP contribution in [0.4, 0.5) is 38.5 Å². The molecule has 4 aliphatic heterocycles. The molecule has 0 N–H and O–H groups in total. The van der Waals surface area contributed by atoms with Gasteiger partial charge >= 0.3 is 0 Å². The molecule has 0 saturated carbocycles. The van der Waals surface area contributed by atoms with Crippen LogP contribution in [0.3, 0.4) is 0 Å². The quantitative estimate of drug-likeness (QED) is 0.130. The van der Waals surface area contributed by atoms with Crippen molar-refractivity contribution in [3.05, 3.63) is 220 Å². The molecule has 15 rings (SSSR count). The van der Waals surface area contributed by atoms with E-state index in [2.05, 4.69) is 221 Å². The fourth-order valence-electron chi connectivity index (χ4n) is 13.5. The van der Waals surface area contributed by atoms with Crippen molar-refractivity contribution in [2.75, 3.05) is 9.80 Å². The van der Waals surface area contributed by atoms with Gasteiger partial charge in [-0.2, -0.15) is 0 Å². The Kier molecular flexibility index (Phi) is 14.0. The summed E-state index contributed by atoms with van der Waals surface area (Å²) in [6.07, 6.45) is 3.65. The van der Waals surface area contributed by atoms with Crippen molar-refractivity contribution in [1.29, 1.82) is 0 Å². The van der Waals surface area contributed by atoms with E-state index in [1.165, 1.54) is 111 Å². The molecule has 9 heteroatoms. The third-order valence-corrected chi connectivity index (χ3v) is 19.9. The van der Waals surface area contributed by atoms with Crippen LogP contribution in [0, 0.1) is 31.8 Å². The van der Waals surface area contributed by atoms with E-state index >= 15 is 0 Å². The maximum atomic E-state index is 12.7. The van der Waals surface area contributed by atoms with E-state index in [0.29, 0.717) is 0 Å². The van der Waals surface area contributed by atoms with Crippen LogP contribution in [0.1, 0.15) is 141 Å². The Bertz CT molecular complexity index is 4670. The Morgan fingerprint density at radius 1 is 0.545 bits per heavy atom. The number of fused-ring (bicyclic) bond motifs is 11. The number of anilines is 6. The van der Waals surface area contributed by atoms with Gasteiger partial charge in [0.15, 0.2) is 0 Å². The SMILES string of the molecule is CC(C)(C)c1ccc2c(c1)Sc1cc(C(C)(C)C)cc3c1N2c1cc(-c2ccc4c(c2)oc2c(-c5ccccn5)[c-]ccc24)cc2c1B3c1cc(C(C)(C)C)cc3c1N2c1ccc(C(C)(C)C)cc1C3(C)C.Cc1cnc(-c2[c-]cc(F)cc2)cc1C.[Ir]. The van der Waals surface area contributed by atoms with Crippen molar-refractivity contribution in [2.24, 2.45) is 0 Å². The summed E-state index contributed by atoms with van der Waals surface area (Å²) in [5.74, 6) is -0.275. The fourth-order valence-corrected chi connectivity index (χ4v) is 14.7. The van der Waals surface area contributed by atoms with Gasteiger partial charge in [0.25, 0.3) is 6.71 Å². The van der Waals surface area contributed by atoms with Crippen LogP contribution in [0.2, 0.25) is 0 Å². The average Bonchev–Trinajstić information content (AvgIpc) is 0.721. The average molecular weight is 1350 g/mol. The van der Waals surface area contributed by atoms with Crippen LogP contribution in [0.15, 0.2) is 172 Å². The van der Waals surface area contributed by atoms with Crippen molar-refractivity contribution >= 4 is 90.9 Å².